The van der Waals surface area contributed by atoms with Crippen molar-refractivity contribution >= 4 is 11.9 Å². The Bertz CT molecular complexity index is 314. The first kappa shape index (κ1) is 12.7. The topological polar surface area (TPSA) is 52.6 Å². The highest BCUT2D eigenvalue weighted by Crippen LogP contribution is 2.37. The molecule has 1 aliphatic carbocycles. The number of rotatable bonds is 2. The number of carbonyl (C=O) groups is 2. The van der Waals surface area contributed by atoms with Crippen LogP contribution < -0.4 is 0 Å². The summed E-state index contributed by atoms with van der Waals surface area (Å²) < 4.78 is 9.96. The van der Waals surface area contributed by atoms with E-state index in [1.54, 1.807) is 32.9 Å². The standard InChI is InChI=1S/C12H18O4/c1-11(2,3)16-10(14)12(9(13)15-4)7-5-6-8-12/h5-6H,7-8H2,1-4H3. The minimum absolute atomic E-state index is 0.356. The van der Waals surface area contributed by atoms with E-state index in [1.807, 2.05) is 0 Å². The molecule has 4 heteroatoms. The maximum atomic E-state index is 12.0. The van der Waals surface area contributed by atoms with Crippen LogP contribution in [0.2, 0.25) is 0 Å². The molecular formula is C12H18O4. The number of hydrogen-bond acceptors (Lipinski definition) is 4. The summed E-state index contributed by atoms with van der Waals surface area (Å²) in [6.45, 7) is 5.33. The van der Waals surface area contributed by atoms with Crippen molar-refractivity contribution in [1.29, 1.82) is 0 Å². The molecule has 0 bridgehead atoms. The molecule has 0 saturated carbocycles. The molecule has 0 atom stereocenters. The van der Waals surface area contributed by atoms with Gasteiger partial charge in [0.1, 0.15) is 5.60 Å². The van der Waals surface area contributed by atoms with Crippen LogP contribution in [0.1, 0.15) is 33.6 Å². The fourth-order valence-corrected chi connectivity index (χ4v) is 1.64. The van der Waals surface area contributed by atoms with Crippen LogP contribution in [0.4, 0.5) is 0 Å². The lowest BCUT2D eigenvalue weighted by Crippen LogP contribution is -2.42. The predicted octanol–water partition coefficient (Wildman–Crippen LogP) is 1.84. The van der Waals surface area contributed by atoms with Gasteiger partial charge in [0.05, 0.1) is 7.11 Å². The molecule has 0 unspecified atom stereocenters. The minimum Gasteiger partial charge on any atom is -0.468 e. The number of carbonyl (C=O) groups excluding carboxylic acids is 2. The largest absolute Gasteiger partial charge is 0.468 e. The van der Waals surface area contributed by atoms with Crippen LogP contribution in [0.25, 0.3) is 0 Å². The van der Waals surface area contributed by atoms with Crippen LogP contribution in [-0.4, -0.2) is 24.6 Å². The summed E-state index contributed by atoms with van der Waals surface area (Å²) in [4.78, 5) is 23.7. The van der Waals surface area contributed by atoms with Gasteiger partial charge in [0.15, 0.2) is 5.41 Å². The second-order valence-electron chi connectivity index (χ2n) is 4.96. The van der Waals surface area contributed by atoms with Gasteiger partial charge in [0.25, 0.3) is 0 Å². The lowest BCUT2D eigenvalue weighted by atomic mass is 9.85. The second kappa shape index (κ2) is 4.28. The first-order valence-electron chi connectivity index (χ1n) is 5.29. The van der Waals surface area contributed by atoms with E-state index in [0.29, 0.717) is 12.8 Å². The van der Waals surface area contributed by atoms with Crippen molar-refractivity contribution in [2.75, 3.05) is 7.11 Å². The zero-order valence-corrected chi connectivity index (χ0v) is 10.2. The SMILES string of the molecule is COC(=O)C1(C(=O)OC(C)(C)C)CC=CC1. The van der Waals surface area contributed by atoms with Gasteiger partial charge in [-0.05, 0) is 33.6 Å². The Morgan fingerprint density at radius 2 is 1.62 bits per heavy atom. The van der Waals surface area contributed by atoms with Gasteiger partial charge < -0.3 is 9.47 Å². The summed E-state index contributed by atoms with van der Waals surface area (Å²) in [6.07, 6.45) is 4.32. The van der Waals surface area contributed by atoms with Crippen LogP contribution >= 0.6 is 0 Å². The third-order valence-electron chi connectivity index (χ3n) is 2.47. The highest BCUT2D eigenvalue weighted by molar-refractivity contribution is 6.01. The van der Waals surface area contributed by atoms with Crippen molar-refractivity contribution in [3.8, 4) is 0 Å². The molecule has 0 aliphatic heterocycles. The van der Waals surface area contributed by atoms with Gasteiger partial charge in [0.2, 0.25) is 0 Å². The molecule has 1 rings (SSSR count). The minimum atomic E-state index is -1.16. The third kappa shape index (κ3) is 2.43. The normalized spacial score (nSPS) is 18.2. The molecule has 0 heterocycles. The Morgan fingerprint density at radius 1 is 1.12 bits per heavy atom. The van der Waals surface area contributed by atoms with E-state index >= 15 is 0 Å². The molecule has 1 aliphatic rings. The lowest BCUT2D eigenvalue weighted by Gasteiger charge is -2.28. The summed E-state index contributed by atoms with van der Waals surface area (Å²) in [5.41, 5.74) is -1.76. The van der Waals surface area contributed by atoms with Crippen molar-refractivity contribution < 1.29 is 19.1 Å². The van der Waals surface area contributed by atoms with Crippen molar-refractivity contribution in [2.45, 2.75) is 39.2 Å². The molecule has 4 nitrogen and oxygen atoms in total. The Balaban J connectivity index is 2.87. The highest BCUT2D eigenvalue weighted by atomic mass is 16.6. The Labute approximate surface area is 95.6 Å². The number of ether oxygens (including phenoxy) is 2. The molecule has 0 N–H and O–H groups in total. The lowest BCUT2D eigenvalue weighted by molar-refractivity contribution is -0.177. The Hall–Kier alpha value is -1.32. The van der Waals surface area contributed by atoms with Crippen molar-refractivity contribution in [3.05, 3.63) is 12.2 Å². The van der Waals surface area contributed by atoms with Gasteiger partial charge in [-0.15, -0.1) is 0 Å². The molecule has 0 saturated heterocycles. The monoisotopic (exact) mass is 226 g/mol. The average Bonchev–Trinajstić information content (AvgIpc) is 2.63. The van der Waals surface area contributed by atoms with E-state index in [-0.39, 0.29) is 0 Å². The molecule has 0 aromatic carbocycles. The van der Waals surface area contributed by atoms with Crippen LogP contribution in [-0.2, 0) is 19.1 Å². The van der Waals surface area contributed by atoms with Gasteiger partial charge in [0, 0.05) is 0 Å². The summed E-state index contributed by atoms with van der Waals surface area (Å²) in [6, 6.07) is 0. The average molecular weight is 226 g/mol. The molecule has 0 spiro atoms. The van der Waals surface area contributed by atoms with E-state index in [9.17, 15) is 9.59 Å². The summed E-state index contributed by atoms with van der Waals surface area (Å²) >= 11 is 0. The molecule has 0 aromatic heterocycles. The molecule has 0 fully saturated rings. The van der Waals surface area contributed by atoms with Gasteiger partial charge in [-0.2, -0.15) is 0 Å². The predicted molar refractivity (Wildman–Crippen MR) is 58.7 cm³/mol. The quantitative estimate of drug-likeness (QED) is 0.409. The maximum absolute atomic E-state index is 12.0. The molecule has 0 aromatic rings. The summed E-state index contributed by atoms with van der Waals surface area (Å²) in [5.74, 6) is -1.02. The molecule has 0 radical (unpaired) electrons. The van der Waals surface area contributed by atoms with E-state index in [2.05, 4.69) is 0 Å². The maximum Gasteiger partial charge on any atom is 0.324 e. The first-order valence-corrected chi connectivity index (χ1v) is 5.29. The van der Waals surface area contributed by atoms with Crippen LogP contribution in [0.5, 0.6) is 0 Å². The fourth-order valence-electron chi connectivity index (χ4n) is 1.64. The van der Waals surface area contributed by atoms with Gasteiger partial charge in [-0.25, -0.2) is 0 Å². The second-order valence-corrected chi connectivity index (χ2v) is 4.96. The van der Waals surface area contributed by atoms with E-state index in [0.717, 1.165) is 0 Å². The van der Waals surface area contributed by atoms with Crippen molar-refractivity contribution in [1.82, 2.24) is 0 Å². The van der Waals surface area contributed by atoms with Gasteiger partial charge in [-0.3, -0.25) is 9.59 Å². The van der Waals surface area contributed by atoms with Crippen LogP contribution in [0.3, 0.4) is 0 Å². The fraction of sp³-hybridized carbons (Fsp3) is 0.667. The number of esters is 2. The number of allylic oxidation sites excluding steroid dienone is 2. The summed E-state index contributed by atoms with van der Waals surface area (Å²) in [7, 11) is 1.28. The number of methoxy groups -OCH3 is 1. The van der Waals surface area contributed by atoms with Crippen molar-refractivity contribution in [3.63, 3.8) is 0 Å². The molecule has 90 valence electrons. The molecular weight excluding hydrogens is 208 g/mol. The molecule has 16 heavy (non-hydrogen) atoms. The Kier molecular flexibility index (Phi) is 3.41. The van der Waals surface area contributed by atoms with Crippen LogP contribution in [0, 0.1) is 5.41 Å². The van der Waals surface area contributed by atoms with E-state index in [4.69, 9.17) is 9.47 Å². The molecule has 0 amide bonds. The van der Waals surface area contributed by atoms with E-state index in [1.165, 1.54) is 7.11 Å². The number of hydrogen-bond donors (Lipinski definition) is 0. The van der Waals surface area contributed by atoms with Crippen molar-refractivity contribution in [2.24, 2.45) is 5.41 Å². The van der Waals surface area contributed by atoms with Gasteiger partial charge >= 0.3 is 11.9 Å². The Morgan fingerprint density at radius 3 is 2.00 bits per heavy atom. The van der Waals surface area contributed by atoms with Gasteiger partial charge in [-0.1, -0.05) is 12.2 Å². The van der Waals surface area contributed by atoms with Crippen LogP contribution in [0.15, 0.2) is 12.2 Å². The summed E-state index contributed by atoms with van der Waals surface area (Å²) in [5, 5.41) is 0. The zero-order chi connectivity index (χ0) is 12.4. The third-order valence-corrected chi connectivity index (χ3v) is 2.47. The highest BCUT2D eigenvalue weighted by Gasteiger charge is 2.49. The van der Waals surface area contributed by atoms with E-state index < -0.39 is 23.0 Å². The first-order chi connectivity index (χ1) is 7.32. The smallest absolute Gasteiger partial charge is 0.324 e. The zero-order valence-electron chi connectivity index (χ0n) is 10.2.